The lowest BCUT2D eigenvalue weighted by Gasteiger charge is -2.08. The highest BCUT2D eigenvalue weighted by molar-refractivity contribution is 7.25. The van der Waals surface area contributed by atoms with Crippen molar-refractivity contribution in [3.05, 3.63) is 164 Å². The van der Waals surface area contributed by atoms with E-state index in [2.05, 4.69) is 97.1 Å². The van der Waals surface area contributed by atoms with Crippen molar-refractivity contribution in [3.63, 3.8) is 0 Å². The number of hydrogen-bond acceptors (Lipinski definition) is 5. The molecule has 0 aliphatic rings. The first-order chi connectivity index (χ1) is 24.7. The third-order valence-corrected chi connectivity index (χ3v) is 10.5. The Hall–Kier alpha value is -6.43. The second-order valence-electron chi connectivity index (χ2n) is 12.4. The molecule has 0 N–H and O–H groups in total. The second-order valence-corrected chi connectivity index (χ2v) is 13.5. The van der Waals surface area contributed by atoms with Gasteiger partial charge in [-0.1, -0.05) is 127 Å². The summed E-state index contributed by atoms with van der Waals surface area (Å²) in [6, 6.07) is 56.9. The van der Waals surface area contributed by atoms with E-state index in [1.165, 1.54) is 36.9 Å². The normalized spacial score (nSPS) is 11.6. The zero-order chi connectivity index (χ0) is 33.0. The number of aromatic nitrogens is 3. The maximum Gasteiger partial charge on any atom is 0.164 e. The van der Waals surface area contributed by atoms with Gasteiger partial charge >= 0.3 is 0 Å². The number of thiophene rings is 1. The van der Waals surface area contributed by atoms with Gasteiger partial charge in [-0.15, -0.1) is 11.3 Å². The number of nitrogens with zero attached hydrogens (tertiary/aromatic N) is 3. The van der Waals surface area contributed by atoms with Gasteiger partial charge in [-0.3, -0.25) is 0 Å². The van der Waals surface area contributed by atoms with Crippen LogP contribution in [0.1, 0.15) is 0 Å². The van der Waals surface area contributed by atoms with Crippen molar-refractivity contribution in [3.8, 4) is 56.4 Å². The molecule has 7 aromatic carbocycles. The molecule has 0 saturated heterocycles. The molecule has 0 amide bonds. The van der Waals surface area contributed by atoms with E-state index in [-0.39, 0.29) is 0 Å². The molecule has 0 bridgehead atoms. The Bertz CT molecular complexity index is 2800. The SMILES string of the molecule is c1ccc(-c2ccc3c(c2)sc2ccc(-c4cccc5oc6cc(-c7nc(-c8ccccc8)nc(-c8ccccc8)n7)ccc6c45)cc23)cc1. The third kappa shape index (κ3) is 4.87. The molecule has 0 radical (unpaired) electrons. The van der Waals surface area contributed by atoms with Crippen LogP contribution in [0.4, 0.5) is 0 Å². The Balaban J connectivity index is 1.09. The van der Waals surface area contributed by atoms with Crippen LogP contribution in [-0.2, 0) is 0 Å². The van der Waals surface area contributed by atoms with Gasteiger partial charge in [0.25, 0.3) is 0 Å². The van der Waals surface area contributed by atoms with Crippen molar-refractivity contribution in [2.45, 2.75) is 0 Å². The summed E-state index contributed by atoms with van der Waals surface area (Å²) < 4.78 is 9.11. The quantitative estimate of drug-likeness (QED) is 0.185. The Morgan fingerprint density at radius 1 is 0.360 bits per heavy atom. The smallest absolute Gasteiger partial charge is 0.164 e. The number of rotatable bonds is 5. The molecule has 0 saturated carbocycles. The van der Waals surface area contributed by atoms with Gasteiger partial charge in [0, 0.05) is 47.6 Å². The van der Waals surface area contributed by atoms with Crippen LogP contribution in [0.3, 0.4) is 0 Å². The van der Waals surface area contributed by atoms with Crippen LogP contribution in [0.15, 0.2) is 168 Å². The monoisotopic (exact) mass is 657 g/mol. The Morgan fingerprint density at radius 2 is 0.960 bits per heavy atom. The first kappa shape index (κ1) is 28.6. The summed E-state index contributed by atoms with van der Waals surface area (Å²) in [5.41, 5.74) is 9.18. The highest BCUT2D eigenvalue weighted by Gasteiger charge is 2.17. The zero-order valence-corrected chi connectivity index (χ0v) is 27.6. The highest BCUT2D eigenvalue weighted by atomic mass is 32.1. The van der Waals surface area contributed by atoms with Crippen LogP contribution in [0.5, 0.6) is 0 Å². The van der Waals surface area contributed by atoms with Crippen LogP contribution in [0, 0.1) is 0 Å². The predicted octanol–water partition coefficient (Wildman–Crippen LogP) is 12.5. The standard InChI is InChI=1S/C45H27N3OS/c1-4-11-28(12-5-1)31-19-22-35-37-25-32(21-24-40(37)50-41(35)27-31)34-17-10-18-38-42(34)36-23-20-33(26-39(36)49-38)45-47-43(29-13-6-2-7-14-29)46-44(48-45)30-15-8-3-9-16-30/h1-27H. The predicted molar refractivity (Wildman–Crippen MR) is 207 cm³/mol. The summed E-state index contributed by atoms with van der Waals surface area (Å²) in [4.78, 5) is 14.7. The Kier molecular flexibility index (Phi) is 6.64. The Morgan fingerprint density at radius 3 is 1.66 bits per heavy atom. The number of furan rings is 1. The molecule has 0 atom stereocenters. The fourth-order valence-corrected chi connectivity index (χ4v) is 8.02. The maximum absolute atomic E-state index is 6.54. The molecule has 10 rings (SSSR count). The largest absolute Gasteiger partial charge is 0.456 e. The average Bonchev–Trinajstić information content (AvgIpc) is 3.76. The van der Waals surface area contributed by atoms with Gasteiger partial charge in [0.05, 0.1) is 0 Å². The first-order valence-corrected chi connectivity index (χ1v) is 17.4. The van der Waals surface area contributed by atoms with E-state index in [0.717, 1.165) is 44.2 Å². The summed E-state index contributed by atoms with van der Waals surface area (Å²) in [5.74, 6) is 1.87. The lowest BCUT2D eigenvalue weighted by molar-refractivity contribution is 0.669. The molecule has 3 aromatic heterocycles. The maximum atomic E-state index is 6.54. The van der Waals surface area contributed by atoms with E-state index in [9.17, 15) is 0 Å². The van der Waals surface area contributed by atoms with Crippen molar-refractivity contribution in [2.75, 3.05) is 0 Å². The van der Waals surface area contributed by atoms with Gasteiger partial charge in [0.15, 0.2) is 17.5 Å². The van der Waals surface area contributed by atoms with E-state index in [1.807, 2.05) is 78.1 Å². The number of fused-ring (bicyclic) bond motifs is 6. The van der Waals surface area contributed by atoms with Gasteiger partial charge in [0.2, 0.25) is 0 Å². The van der Waals surface area contributed by atoms with Gasteiger partial charge in [-0.05, 0) is 58.7 Å². The average molecular weight is 658 g/mol. The minimum atomic E-state index is 0.602. The fourth-order valence-electron chi connectivity index (χ4n) is 6.90. The van der Waals surface area contributed by atoms with Gasteiger partial charge in [0.1, 0.15) is 11.2 Å². The molecule has 5 heteroatoms. The van der Waals surface area contributed by atoms with E-state index in [0.29, 0.717) is 17.5 Å². The second kappa shape index (κ2) is 11.6. The lowest BCUT2D eigenvalue weighted by Crippen LogP contribution is -2.00. The molecule has 0 aliphatic carbocycles. The molecule has 0 unspecified atom stereocenters. The Labute approximate surface area is 292 Å². The topological polar surface area (TPSA) is 51.8 Å². The molecule has 0 fully saturated rings. The molecule has 4 nitrogen and oxygen atoms in total. The number of hydrogen-bond donors (Lipinski definition) is 0. The molecule has 10 aromatic rings. The van der Waals surface area contributed by atoms with Crippen LogP contribution in [0.25, 0.3) is 98.5 Å². The van der Waals surface area contributed by atoms with Crippen molar-refractivity contribution in [2.24, 2.45) is 0 Å². The minimum absolute atomic E-state index is 0.602. The van der Waals surface area contributed by atoms with Crippen LogP contribution in [0.2, 0.25) is 0 Å². The molecular formula is C45H27N3OS. The van der Waals surface area contributed by atoms with Crippen molar-refractivity contribution in [1.29, 1.82) is 0 Å². The summed E-state index contributed by atoms with van der Waals surface area (Å²) in [6.07, 6.45) is 0. The zero-order valence-electron chi connectivity index (χ0n) is 26.7. The van der Waals surface area contributed by atoms with Crippen LogP contribution >= 0.6 is 11.3 Å². The summed E-state index contributed by atoms with van der Waals surface area (Å²) in [5, 5.41) is 4.71. The summed E-state index contributed by atoms with van der Waals surface area (Å²) >= 11 is 1.85. The van der Waals surface area contributed by atoms with E-state index in [4.69, 9.17) is 19.4 Å². The molecule has 50 heavy (non-hydrogen) atoms. The molecular weight excluding hydrogens is 631 g/mol. The summed E-state index contributed by atoms with van der Waals surface area (Å²) in [6.45, 7) is 0. The number of benzene rings is 7. The van der Waals surface area contributed by atoms with Gasteiger partial charge < -0.3 is 4.42 Å². The molecule has 3 heterocycles. The van der Waals surface area contributed by atoms with Crippen LogP contribution in [-0.4, -0.2) is 15.0 Å². The van der Waals surface area contributed by atoms with E-state index >= 15 is 0 Å². The van der Waals surface area contributed by atoms with Crippen molar-refractivity contribution < 1.29 is 4.42 Å². The van der Waals surface area contributed by atoms with Crippen molar-refractivity contribution in [1.82, 2.24) is 15.0 Å². The third-order valence-electron chi connectivity index (χ3n) is 9.34. The molecule has 234 valence electrons. The molecule has 0 spiro atoms. The highest BCUT2D eigenvalue weighted by Crippen LogP contribution is 2.42. The van der Waals surface area contributed by atoms with Gasteiger partial charge in [-0.25, -0.2) is 15.0 Å². The van der Waals surface area contributed by atoms with Gasteiger partial charge in [-0.2, -0.15) is 0 Å². The molecule has 0 aliphatic heterocycles. The van der Waals surface area contributed by atoms with Crippen LogP contribution < -0.4 is 0 Å². The van der Waals surface area contributed by atoms with E-state index in [1.54, 1.807) is 0 Å². The van der Waals surface area contributed by atoms with Crippen molar-refractivity contribution >= 4 is 53.4 Å². The lowest BCUT2D eigenvalue weighted by atomic mass is 9.97. The summed E-state index contributed by atoms with van der Waals surface area (Å²) in [7, 11) is 0. The van der Waals surface area contributed by atoms with E-state index < -0.39 is 0 Å². The minimum Gasteiger partial charge on any atom is -0.456 e. The fraction of sp³-hybridized carbons (Fsp3) is 0. The first-order valence-electron chi connectivity index (χ1n) is 16.6.